The summed E-state index contributed by atoms with van der Waals surface area (Å²) in [6.45, 7) is 3.58. The van der Waals surface area contributed by atoms with Crippen molar-refractivity contribution in [2.24, 2.45) is 0 Å². The first-order valence-corrected chi connectivity index (χ1v) is 6.41. The van der Waals surface area contributed by atoms with E-state index in [0.717, 1.165) is 31.5 Å². The van der Waals surface area contributed by atoms with E-state index in [2.05, 4.69) is 10.2 Å². The highest BCUT2D eigenvalue weighted by molar-refractivity contribution is 5.73. The third-order valence-corrected chi connectivity index (χ3v) is 3.39. The molecule has 0 spiro atoms. The van der Waals surface area contributed by atoms with Gasteiger partial charge in [0.1, 0.15) is 0 Å². The van der Waals surface area contributed by atoms with Gasteiger partial charge in [0.05, 0.1) is 6.61 Å². The summed E-state index contributed by atoms with van der Waals surface area (Å²) in [6, 6.07) is 8.31. The molecule has 1 aromatic carbocycles. The van der Waals surface area contributed by atoms with Crippen LogP contribution in [0.2, 0.25) is 0 Å². The van der Waals surface area contributed by atoms with Crippen molar-refractivity contribution in [3.05, 3.63) is 29.8 Å². The van der Waals surface area contributed by atoms with Crippen LogP contribution in [0.3, 0.4) is 0 Å². The summed E-state index contributed by atoms with van der Waals surface area (Å²) in [6.07, 6.45) is 1.97. The zero-order valence-electron chi connectivity index (χ0n) is 10.7. The zero-order valence-corrected chi connectivity index (χ0v) is 10.7. The first-order chi connectivity index (χ1) is 8.69. The highest BCUT2D eigenvalue weighted by Crippen LogP contribution is 2.20. The van der Waals surface area contributed by atoms with E-state index in [9.17, 15) is 4.79 Å². The molecule has 2 N–H and O–H groups in total. The fourth-order valence-electron chi connectivity index (χ4n) is 2.38. The zero-order chi connectivity index (χ0) is 13.0. The Hall–Kier alpha value is -1.55. The number of benzene rings is 1. The second kappa shape index (κ2) is 5.87. The minimum absolute atomic E-state index is 0.0562. The lowest BCUT2D eigenvalue weighted by molar-refractivity contribution is -0.119. The molecule has 0 aromatic heterocycles. The van der Waals surface area contributed by atoms with Crippen LogP contribution in [-0.4, -0.2) is 30.1 Å². The van der Waals surface area contributed by atoms with Gasteiger partial charge in [-0.2, -0.15) is 0 Å². The second-order valence-electron chi connectivity index (χ2n) is 4.79. The van der Waals surface area contributed by atoms with Gasteiger partial charge in [-0.3, -0.25) is 4.79 Å². The summed E-state index contributed by atoms with van der Waals surface area (Å²) in [5.41, 5.74) is 2.13. The van der Waals surface area contributed by atoms with Gasteiger partial charge in [-0.15, -0.1) is 0 Å². The van der Waals surface area contributed by atoms with Crippen molar-refractivity contribution in [2.45, 2.75) is 32.4 Å². The number of hydrogen-bond acceptors (Lipinski definition) is 3. The molecule has 18 heavy (non-hydrogen) atoms. The van der Waals surface area contributed by atoms with Gasteiger partial charge in [-0.05, 0) is 30.5 Å². The van der Waals surface area contributed by atoms with Gasteiger partial charge in [0.25, 0.3) is 0 Å². The predicted octanol–water partition coefficient (Wildman–Crippen LogP) is 1.28. The topological polar surface area (TPSA) is 52.6 Å². The van der Waals surface area contributed by atoms with Crippen LogP contribution in [0.15, 0.2) is 24.3 Å². The Labute approximate surface area is 108 Å². The fraction of sp³-hybridized carbons (Fsp3) is 0.500. The maximum atomic E-state index is 11.0. The number of amides is 1. The molecule has 1 saturated heterocycles. The minimum atomic E-state index is 0.0562. The summed E-state index contributed by atoms with van der Waals surface area (Å²) >= 11 is 0. The van der Waals surface area contributed by atoms with E-state index in [-0.39, 0.29) is 12.5 Å². The molecule has 1 aliphatic rings. The molecule has 0 radical (unpaired) electrons. The highest BCUT2D eigenvalue weighted by atomic mass is 16.3. The third-order valence-electron chi connectivity index (χ3n) is 3.39. The van der Waals surface area contributed by atoms with Crippen molar-refractivity contribution in [3.8, 4) is 0 Å². The number of carbonyl (C=O) groups excluding carboxylic acids is 1. The van der Waals surface area contributed by atoms with Gasteiger partial charge in [-0.1, -0.05) is 12.1 Å². The van der Waals surface area contributed by atoms with Gasteiger partial charge >= 0.3 is 0 Å². The standard InChI is InChI=1S/C14H20N2O2/c1-11(18)15-13-6-8-16(9-7-13)14-4-2-12(10-17)3-5-14/h2-5,13,17H,6-10H2,1H3,(H,15,18). The molecule has 98 valence electrons. The molecule has 1 amide bonds. The number of piperidine rings is 1. The van der Waals surface area contributed by atoms with E-state index < -0.39 is 0 Å². The van der Waals surface area contributed by atoms with Crippen LogP contribution in [0.1, 0.15) is 25.3 Å². The lowest BCUT2D eigenvalue weighted by atomic mass is 10.0. The number of carbonyl (C=O) groups is 1. The van der Waals surface area contributed by atoms with Crippen molar-refractivity contribution in [2.75, 3.05) is 18.0 Å². The molecule has 1 aromatic rings. The molecule has 0 bridgehead atoms. The Balaban J connectivity index is 1.90. The van der Waals surface area contributed by atoms with Crippen LogP contribution in [0.5, 0.6) is 0 Å². The van der Waals surface area contributed by atoms with E-state index >= 15 is 0 Å². The van der Waals surface area contributed by atoms with Crippen LogP contribution in [-0.2, 0) is 11.4 Å². The molecule has 0 saturated carbocycles. The number of aliphatic hydroxyl groups excluding tert-OH is 1. The van der Waals surface area contributed by atoms with Crippen LogP contribution in [0.4, 0.5) is 5.69 Å². The lowest BCUT2D eigenvalue weighted by Gasteiger charge is -2.33. The molecule has 0 aliphatic carbocycles. The number of rotatable bonds is 3. The van der Waals surface area contributed by atoms with Gasteiger partial charge in [0.2, 0.25) is 5.91 Å². The molecule has 4 nitrogen and oxygen atoms in total. The average Bonchev–Trinajstić information content (AvgIpc) is 2.39. The monoisotopic (exact) mass is 248 g/mol. The smallest absolute Gasteiger partial charge is 0.217 e. The number of nitrogens with zero attached hydrogens (tertiary/aromatic N) is 1. The summed E-state index contributed by atoms with van der Waals surface area (Å²) < 4.78 is 0. The van der Waals surface area contributed by atoms with Gasteiger partial charge < -0.3 is 15.3 Å². The minimum Gasteiger partial charge on any atom is -0.392 e. The van der Waals surface area contributed by atoms with E-state index in [1.54, 1.807) is 6.92 Å². The maximum absolute atomic E-state index is 11.0. The number of nitrogens with one attached hydrogen (secondary N) is 1. The molecule has 0 atom stereocenters. The van der Waals surface area contributed by atoms with Gasteiger partial charge in [0, 0.05) is 31.7 Å². The molecular weight excluding hydrogens is 228 g/mol. The number of anilines is 1. The number of hydrogen-bond donors (Lipinski definition) is 2. The van der Waals surface area contributed by atoms with Crippen LogP contribution in [0.25, 0.3) is 0 Å². The summed E-state index contributed by atoms with van der Waals surface area (Å²) in [5.74, 6) is 0.0562. The Morgan fingerprint density at radius 1 is 1.33 bits per heavy atom. The Bertz CT molecular complexity index is 395. The van der Waals surface area contributed by atoms with Gasteiger partial charge in [-0.25, -0.2) is 0 Å². The molecule has 4 heteroatoms. The predicted molar refractivity (Wildman–Crippen MR) is 71.4 cm³/mol. The third kappa shape index (κ3) is 3.23. The molecule has 0 unspecified atom stereocenters. The maximum Gasteiger partial charge on any atom is 0.217 e. The Kier molecular flexibility index (Phi) is 4.20. The summed E-state index contributed by atoms with van der Waals surface area (Å²) in [5, 5.41) is 12.0. The lowest BCUT2D eigenvalue weighted by Crippen LogP contribution is -2.44. The molecule has 2 rings (SSSR count). The quantitative estimate of drug-likeness (QED) is 0.847. The summed E-state index contributed by atoms with van der Waals surface area (Å²) in [7, 11) is 0. The molecule has 1 heterocycles. The second-order valence-corrected chi connectivity index (χ2v) is 4.79. The Morgan fingerprint density at radius 3 is 2.44 bits per heavy atom. The van der Waals surface area contributed by atoms with Crippen molar-refractivity contribution in [1.29, 1.82) is 0 Å². The Morgan fingerprint density at radius 2 is 1.94 bits per heavy atom. The van der Waals surface area contributed by atoms with Crippen molar-refractivity contribution in [3.63, 3.8) is 0 Å². The fourth-order valence-corrected chi connectivity index (χ4v) is 2.38. The first-order valence-electron chi connectivity index (χ1n) is 6.41. The summed E-state index contributed by atoms with van der Waals surface area (Å²) in [4.78, 5) is 13.3. The van der Waals surface area contributed by atoms with E-state index in [0.29, 0.717) is 6.04 Å². The van der Waals surface area contributed by atoms with E-state index in [1.165, 1.54) is 5.69 Å². The molecular formula is C14H20N2O2. The van der Waals surface area contributed by atoms with E-state index in [1.807, 2.05) is 24.3 Å². The SMILES string of the molecule is CC(=O)NC1CCN(c2ccc(CO)cc2)CC1. The van der Waals surface area contributed by atoms with Crippen molar-refractivity contribution >= 4 is 11.6 Å². The van der Waals surface area contributed by atoms with Crippen LogP contribution < -0.4 is 10.2 Å². The van der Waals surface area contributed by atoms with Gasteiger partial charge in [0.15, 0.2) is 0 Å². The van der Waals surface area contributed by atoms with E-state index in [4.69, 9.17) is 5.11 Å². The van der Waals surface area contributed by atoms with Crippen molar-refractivity contribution in [1.82, 2.24) is 5.32 Å². The average molecular weight is 248 g/mol. The van der Waals surface area contributed by atoms with Crippen LogP contribution >= 0.6 is 0 Å². The molecule has 1 fully saturated rings. The van der Waals surface area contributed by atoms with Crippen LogP contribution in [0, 0.1) is 0 Å². The largest absolute Gasteiger partial charge is 0.392 e. The highest BCUT2D eigenvalue weighted by Gasteiger charge is 2.19. The first kappa shape index (κ1) is 12.9. The normalized spacial score (nSPS) is 16.7. The molecule has 1 aliphatic heterocycles. The number of aliphatic hydroxyl groups is 1. The van der Waals surface area contributed by atoms with Crippen molar-refractivity contribution < 1.29 is 9.90 Å².